The molecular formula is C15H32N2. The minimum Gasteiger partial charge on any atom is -0.303 e. The van der Waals surface area contributed by atoms with Gasteiger partial charge in [-0.3, -0.25) is 0 Å². The smallest absolute Gasteiger partial charge is 0.00513 e. The Hall–Kier alpha value is -0.0800. The quantitative estimate of drug-likeness (QED) is 0.748. The lowest BCUT2D eigenvalue weighted by molar-refractivity contribution is -0.0448. The summed E-state index contributed by atoms with van der Waals surface area (Å²) in [5.41, 5.74) is 0.726. The molecule has 0 aliphatic carbocycles. The van der Waals surface area contributed by atoms with E-state index in [2.05, 4.69) is 30.6 Å². The molecule has 0 aromatic rings. The van der Waals surface area contributed by atoms with Gasteiger partial charge in [0.1, 0.15) is 0 Å². The first kappa shape index (κ1) is 15.0. The molecule has 2 fully saturated rings. The molecule has 0 aromatic carbocycles. The highest BCUT2D eigenvalue weighted by molar-refractivity contribution is 4.97. The van der Waals surface area contributed by atoms with Crippen LogP contribution in [0, 0.1) is 11.3 Å². The molecule has 0 N–H and O–H groups in total. The molecule has 0 amide bonds. The second-order valence-electron chi connectivity index (χ2n) is 6.00. The molecule has 2 nitrogen and oxygen atoms in total. The van der Waals surface area contributed by atoms with Crippen LogP contribution in [0.3, 0.4) is 0 Å². The van der Waals surface area contributed by atoms with Crippen LogP contribution in [0.15, 0.2) is 0 Å². The number of rotatable bonds is 3. The average Bonchev–Trinajstić information content (AvgIpc) is 2.29. The minimum absolute atomic E-state index is 0.726. The zero-order chi connectivity index (χ0) is 12.9. The number of hydrogen-bond donors (Lipinski definition) is 0. The van der Waals surface area contributed by atoms with Crippen molar-refractivity contribution in [2.24, 2.45) is 11.3 Å². The molecular weight excluding hydrogens is 208 g/mol. The molecule has 2 heteroatoms. The Bertz CT molecular complexity index is 197. The number of likely N-dealkylation sites (tertiary alicyclic amines) is 2. The third-order valence-electron chi connectivity index (χ3n) is 4.11. The van der Waals surface area contributed by atoms with Gasteiger partial charge in [-0.05, 0) is 43.8 Å². The van der Waals surface area contributed by atoms with Gasteiger partial charge in [-0.2, -0.15) is 0 Å². The summed E-state index contributed by atoms with van der Waals surface area (Å²) in [6.07, 6.45) is 2.88. The van der Waals surface area contributed by atoms with Crippen LogP contribution in [-0.2, 0) is 0 Å². The van der Waals surface area contributed by atoms with E-state index in [0.29, 0.717) is 0 Å². The van der Waals surface area contributed by atoms with Crippen LogP contribution in [0.5, 0.6) is 0 Å². The Kier molecular flexibility index (Phi) is 5.94. The molecule has 1 spiro atoms. The topological polar surface area (TPSA) is 6.48 Å². The zero-order valence-electron chi connectivity index (χ0n) is 12.6. The minimum atomic E-state index is 0.726. The maximum Gasteiger partial charge on any atom is 0.00513 e. The van der Waals surface area contributed by atoms with E-state index in [1.54, 1.807) is 0 Å². The summed E-state index contributed by atoms with van der Waals surface area (Å²) in [6, 6.07) is 0. The molecule has 2 rings (SSSR count). The third kappa shape index (κ3) is 3.96. The van der Waals surface area contributed by atoms with Gasteiger partial charge in [-0.25, -0.2) is 0 Å². The summed E-state index contributed by atoms with van der Waals surface area (Å²) < 4.78 is 0. The lowest BCUT2D eigenvalue weighted by atomic mass is 9.72. The maximum absolute atomic E-state index is 2.66. The van der Waals surface area contributed by atoms with E-state index in [1.165, 1.54) is 52.1 Å². The van der Waals surface area contributed by atoms with Gasteiger partial charge in [0.2, 0.25) is 0 Å². The van der Waals surface area contributed by atoms with Crippen molar-refractivity contribution in [3.8, 4) is 0 Å². The Morgan fingerprint density at radius 1 is 1.00 bits per heavy atom. The zero-order valence-corrected chi connectivity index (χ0v) is 12.6. The Balaban J connectivity index is 0.000000686. The van der Waals surface area contributed by atoms with Crippen molar-refractivity contribution in [2.45, 2.75) is 47.5 Å². The fourth-order valence-corrected chi connectivity index (χ4v) is 3.17. The van der Waals surface area contributed by atoms with Crippen LogP contribution in [0.25, 0.3) is 0 Å². The number of piperidine rings is 1. The molecule has 102 valence electrons. The van der Waals surface area contributed by atoms with Crippen molar-refractivity contribution in [1.29, 1.82) is 0 Å². The van der Waals surface area contributed by atoms with Gasteiger partial charge < -0.3 is 9.80 Å². The van der Waals surface area contributed by atoms with Gasteiger partial charge >= 0.3 is 0 Å². The molecule has 0 bridgehead atoms. The molecule has 2 saturated heterocycles. The van der Waals surface area contributed by atoms with E-state index >= 15 is 0 Å². The standard InChI is InChI=1S/C13H26N2.C2H6/c1-4-14-10-13(11-14)5-7-15(8-6-13)9-12(2)3;1-2/h12H,4-11H2,1-3H3;1-2H3. The fourth-order valence-electron chi connectivity index (χ4n) is 3.17. The highest BCUT2D eigenvalue weighted by Gasteiger charge is 2.43. The van der Waals surface area contributed by atoms with Crippen LogP contribution >= 0.6 is 0 Å². The summed E-state index contributed by atoms with van der Waals surface area (Å²) in [5, 5.41) is 0. The molecule has 0 aromatic heterocycles. The number of hydrogen-bond acceptors (Lipinski definition) is 2. The lowest BCUT2D eigenvalue weighted by Crippen LogP contribution is -2.60. The van der Waals surface area contributed by atoms with E-state index in [-0.39, 0.29) is 0 Å². The van der Waals surface area contributed by atoms with Crippen LogP contribution in [0.4, 0.5) is 0 Å². The Labute approximate surface area is 108 Å². The summed E-state index contributed by atoms with van der Waals surface area (Å²) >= 11 is 0. The summed E-state index contributed by atoms with van der Waals surface area (Å²) in [5.74, 6) is 0.826. The highest BCUT2D eigenvalue weighted by atomic mass is 15.2. The van der Waals surface area contributed by atoms with Gasteiger partial charge in [0.25, 0.3) is 0 Å². The van der Waals surface area contributed by atoms with E-state index in [9.17, 15) is 0 Å². The van der Waals surface area contributed by atoms with E-state index < -0.39 is 0 Å². The van der Waals surface area contributed by atoms with Crippen molar-refractivity contribution >= 4 is 0 Å². The second kappa shape index (κ2) is 6.75. The SMILES string of the molecule is CC.CCN1CC2(CCN(CC(C)C)CC2)C1. The van der Waals surface area contributed by atoms with E-state index in [4.69, 9.17) is 0 Å². The normalized spacial score (nSPS) is 24.4. The lowest BCUT2D eigenvalue weighted by Gasteiger charge is -2.54. The monoisotopic (exact) mass is 240 g/mol. The summed E-state index contributed by atoms with van der Waals surface area (Å²) in [7, 11) is 0. The summed E-state index contributed by atoms with van der Waals surface area (Å²) in [4.78, 5) is 5.24. The first-order chi connectivity index (χ1) is 8.13. The molecule has 0 saturated carbocycles. The highest BCUT2D eigenvalue weighted by Crippen LogP contribution is 2.40. The molecule has 0 atom stereocenters. The predicted octanol–water partition coefficient (Wildman–Crippen LogP) is 3.09. The molecule has 2 heterocycles. The first-order valence-corrected chi connectivity index (χ1v) is 7.58. The second-order valence-corrected chi connectivity index (χ2v) is 6.00. The third-order valence-corrected chi connectivity index (χ3v) is 4.11. The van der Waals surface area contributed by atoms with Crippen molar-refractivity contribution < 1.29 is 0 Å². The van der Waals surface area contributed by atoms with Crippen LogP contribution in [-0.4, -0.2) is 49.1 Å². The fraction of sp³-hybridized carbons (Fsp3) is 1.00. The Morgan fingerprint density at radius 3 is 1.94 bits per heavy atom. The Morgan fingerprint density at radius 2 is 1.53 bits per heavy atom. The molecule has 0 unspecified atom stereocenters. The maximum atomic E-state index is 2.66. The van der Waals surface area contributed by atoms with Crippen LogP contribution in [0.2, 0.25) is 0 Å². The molecule has 0 radical (unpaired) electrons. The van der Waals surface area contributed by atoms with E-state index in [1.807, 2.05) is 13.8 Å². The van der Waals surface area contributed by atoms with Gasteiger partial charge in [-0.1, -0.05) is 34.6 Å². The van der Waals surface area contributed by atoms with Crippen LogP contribution in [0.1, 0.15) is 47.5 Å². The van der Waals surface area contributed by atoms with Gasteiger partial charge in [0.15, 0.2) is 0 Å². The van der Waals surface area contributed by atoms with Gasteiger partial charge in [0.05, 0.1) is 0 Å². The molecule has 2 aliphatic rings. The van der Waals surface area contributed by atoms with Crippen LogP contribution < -0.4 is 0 Å². The largest absolute Gasteiger partial charge is 0.303 e. The predicted molar refractivity (Wildman–Crippen MR) is 76.4 cm³/mol. The van der Waals surface area contributed by atoms with Gasteiger partial charge in [-0.15, -0.1) is 0 Å². The van der Waals surface area contributed by atoms with Crippen molar-refractivity contribution in [2.75, 3.05) is 39.3 Å². The number of nitrogens with zero attached hydrogens (tertiary/aromatic N) is 2. The molecule has 2 aliphatic heterocycles. The van der Waals surface area contributed by atoms with Crippen molar-refractivity contribution in [1.82, 2.24) is 9.80 Å². The van der Waals surface area contributed by atoms with E-state index in [0.717, 1.165) is 11.3 Å². The van der Waals surface area contributed by atoms with Gasteiger partial charge in [0, 0.05) is 19.6 Å². The summed E-state index contributed by atoms with van der Waals surface area (Å²) in [6.45, 7) is 18.9. The van der Waals surface area contributed by atoms with Crippen molar-refractivity contribution in [3.05, 3.63) is 0 Å². The first-order valence-electron chi connectivity index (χ1n) is 7.58. The average molecular weight is 240 g/mol. The van der Waals surface area contributed by atoms with Crippen molar-refractivity contribution in [3.63, 3.8) is 0 Å². The molecule has 17 heavy (non-hydrogen) atoms.